The van der Waals surface area contributed by atoms with Crippen molar-refractivity contribution in [3.05, 3.63) is 0 Å². The molecule has 0 spiro atoms. The minimum absolute atomic E-state index is 0.0447. The Morgan fingerprint density at radius 3 is 2.72 bits per heavy atom. The van der Waals surface area contributed by atoms with Gasteiger partial charge in [-0.05, 0) is 26.2 Å². The van der Waals surface area contributed by atoms with E-state index in [0.29, 0.717) is 32.5 Å². The van der Waals surface area contributed by atoms with Crippen molar-refractivity contribution in [3.63, 3.8) is 0 Å². The molecule has 0 aromatic carbocycles. The average Bonchev–Trinajstić information content (AvgIpc) is 2.66. The third kappa shape index (κ3) is 4.29. The number of amides is 2. The van der Waals surface area contributed by atoms with Crippen LogP contribution in [0.2, 0.25) is 0 Å². The van der Waals surface area contributed by atoms with Gasteiger partial charge in [-0.25, -0.2) is 0 Å². The molecule has 0 radical (unpaired) electrons. The third-order valence-electron chi connectivity index (χ3n) is 3.34. The number of rotatable bonds is 6. The molecule has 0 bridgehead atoms. The number of carbonyl (C=O) groups excluding carboxylic acids is 2. The Morgan fingerprint density at radius 1 is 1.56 bits per heavy atom. The Labute approximate surface area is 109 Å². The summed E-state index contributed by atoms with van der Waals surface area (Å²) in [4.78, 5) is 25.1. The highest BCUT2D eigenvalue weighted by atomic mass is 16.3. The van der Waals surface area contributed by atoms with Crippen molar-refractivity contribution in [2.75, 3.05) is 19.6 Å². The second-order valence-electron chi connectivity index (χ2n) is 5.27. The summed E-state index contributed by atoms with van der Waals surface area (Å²) in [5.41, 5.74) is 0. The normalized spacial score (nSPS) is 23.0. The Kier molecular flexibility index (Phi) is 5.59. The van der Waals surface area contributed by atoms with Gasteiger partial charge in [0, 0.05) is 26.1 Å². The van der Waals surface area contributed by atoms with Crippen molar-refractivity contribution in [1.82, 2.24) is 10.2 Å². The molecule has 1 rings (SSSR count). The van der Waals surface area contributed by atoms with Crippen LogP contribution in [0.5, 0.6) is 0 Å². The number of hydrogen-bond acceptors (Lipinski definition) is 3. The van der Waals surface area contributed by atoms with Gasteiger partial charge in [0.15, 0.2) is 0 Å². The fraction of sp³-hybridized carbons (Fsp3) is 0.846. The zero-order valence-electron chi connectivity index (χ0n) is 11.5. The molecule has 2 amide bonds. The van der Waals surface area contributed by atoms with Crippen molar-refractivity contribution < 1.29 is 14.7 Å². The lowest BCUT2D eigenvalue weighted by molar-refractivity contribution is -0.128. The predicted octanol–water partition coefficient (Wildman–Crippen LogP) is 0.378. The van der Waals surface area contributed by atoms with E-state index in [9.17, 15) is 14.7 Å². The van der Waals surface area contributed by atoms with E-state index in [1.54, 1.807) is 11.8 Å². The number of aliphatic hydroxyl groups is 1. The van der Waals surface area contributed by atoms with Crippen molar-refractivity contribution in [2.24, 2.45) is 11.8 Å². The summed E-state index contributed by atoms with van der Waals surface area (Å²) >= 11 is 0. The van der Waals surface area contributed by atoms with Gasteiger partial charge in [0.1, 0.15) is 0 Å². The molecule has 18 heavy (non-hydrogen) atoms. The summed E-state index contributed by atoms with van der Waals surface area (Å²) in [7, 11) is 0. The van der Waals surface area contributed by atoms with Gasteiger partial charge < -0.3 is 15.3 Å². The van der Waals surface area contributed by atoms with E-state index >= 15 is 0 Å². The zero-order chi connectivity index (χ0) is 13.7. The summed E-state index contributed by atoms with van der Waals surface area (Å²) in [6.07, 6.45) is 0.649. The molecule has 1 aliphatic heterocycles. The molecule has 0 aromatic heterocycles. The molecule has 5 nitrogen and oxygen atoms in total. The van der Waals surface area contributed by atoms with Crippen molar-refractivity contribution in [3.8, 4) is 0 Å². The fourth-order valence-electron chi connectivity index (χ4n) is 2.34. The molecule has 2 N–H and O–H groups in total. The predicted molar refractivity (Wildman–Crippen MR) is 68.8 cm³/mol. The summed E-state index contributed by atoms with van der Waals surface area (Å²) in [6, 6.07) is 0. The fourth-order valence-corrected chi connectivity index (χ4v) is 2.34. The van der Waals surface area contributed by atoms with Crippen LogP contribution in [0.4, 0.5) is 0 Å². The average molecular weight is 256 g/mol. The lowest BCUT2D eigenvalue weighted by atomic mass is 10.0. The Bertz CT molecular complexity index is 305. The van der Waals surface area contributed by atoms with Gasteiger partial charge in [-0.1, -0.05) is 6.92 Å². The van der Waals surface area contributed by atoms with Crippen LogP contribution in [-0.4, -0.2) is 47.6 Å². The molecule has 1 fully saturated rings. The van der Waals surface area contributed by atoms with Crippen molar-refractivity contribution >= 4 is 11.8 Å². The maximum absolute atomic E-state index is 11.9. The number of likely N-dealkylation sites (tertiary alicyclic amines) is 1. The maximum atomic E-state index is 11.9. The molecule has 5 heteroatoms. The lowest BCUT2D eigenvalue weighted by Gasteiger charge is -2.16. The highest BCUT2D eigenvalue weighted by molar-refractivity contribution is 5.89. The maximum Gasteiger partial charge on any atom is 0.225 e. The van der Waals surface area contributed by atoms with Gasteiger partial charge >= 0.3 is 0 Å². The van der Waals surface area contributed by atoms with E-state index in [0.717, 1.165) is 0 Å². The van der Waals surface area contributed by atoms with Gasteiger partial charge in [-0.2, -0.15) is 0 Å². The molecule has 0 aromatic rings. The van der Waals surface area contributed by atoms with Crippen LogP contribution in [0.25, 0.3) is 0 Å². The molecule has 104 valence electrons. The first-order valence-corrected chi connectivity index (χ1v) is 6.67. The first-order valence-electron chi connectivity index (χ1n) is 6.67. The minimum Gasteiger partial charge on any atom is -0.393 e. The molecule has 1 aliphatic rings. The van der Waals surface area contributed by atoms with Crippen LogP contribution in [0.3, 0.4) is 0 Å². The lowest BCUT2D eigenvalue weighted by Crippen LogP contribution is -2.35. The quantitative estimate of drug-likeness (QED) is 0.722. The van der Waals surface area contributed by atoms with E-state index in [4.69, 9.17) is 0 Å². The summed E-state index contributed by atoms with van der Waals surface area (Å²) in [5.74, 6) is 0.0518. The Balaban J connectivity index is 2.32. The highest BCUT2D eigenvalue weighted by Crippen LogP contribution is 2.17. The molecule has 3 atom stereocenters. The number of nitrogens with one attached hydrogen (secondary N) is 1. The second-order valence-corrected chi connectivity index (χ2v) is 5.27. The van der Waals surface area contributed by atoms with Crippen LogP contribution in [0.1, 0.15) is 33.6 Å². The summed E-state index contributed by atoms with van der Waals surface area (Å²) in [5, 5.41) is 12.1. The van der Waals surface area contributed by atoms with Gasteiger partial charge in [0.25, 0.3) is 0 Å². The van der Waals surface area contributed by atoms with Crippen molar-refractivity contribution in [2.45, 2.75) is 39.7 Å². The minimum atomic E-state index is -0.347. The van der Waals surface area contributed by atoms with E-state index in [2.05, 4.69) is 5.32 Å². The number of aliphatic hydroxyl groups excluding tert-OH is 1. The standard InChI is InChI=1S/C13H24N2O3/c1-4-15-8-11(6-12(15)17)13(18)14-7-9(2)5-10(3)16/h9-11,16H,4-8H2,1-3H3,(H,14,18). The topological polar surface area (TPSA) is 69.6 Å². The number of nitrogens with zero attached hydrogens (tertiary/aromatic N) is 1. The van der Waals surface area contributed by atoms with Gasteiger partial charge in [-0.3, -0.25) is 9.59 Å². The van der Waals surface area contributed by atoms with Crippen LogP contribution in [0.15, 0.2) is 0 Å². The van der Waals surface area contributed by atoms with Crippen molar-refractivity contribution in [1.29, 1.82) is 0 Å². The zero-order valence-corrected chi connectivity index (χ0v) is 11.5. The van der Waals surface area contributed by atoms with E-state index < -0.39 is 0 Å². The molecule has 3 unspecified atom stereocenters. The Morgan fingerprint density at radius 2 is 2.22 bits per heavy atom. The van der Waals surface area contributed by atoms with Crippen LogP contribution in [-0.2, 0) is 9.59 Å². The van der Waals surface area contributed by atoms with Gasteiger partial charge in [0.05, 0.1) is 12.0 Å². The molecule has 0 aliphatic carbocycles. The van der Waals surface area contributed by atoms with Crippen LogP contribution >= 0.6 is 0 Å². The Hall–Kier alpha value is -1.10. The molecule has 1 saturated heterocycles. The molecule has 1 heterocycles. The summed E-state index contributed by atoms with van der Waals surface area (Å²) < 4.78 is 0. The first-order chi connectivity index (χ1) is 8.43. The first kappa shape index (κ1) is 15.0. The largest absolute Gasteiger partial charge is 0.393 e. The van der Waals surface area contributed by atoms with Gasteiger partial charge in [0.2, 0.25) is 11.8 Å². The molecular weight excluding hydrogens is 232 g/mol. The SMILES string of the molecule is CCN1CC(C(=O)NCC(C)CC(C)O)CC1=O. The molecule has 0 saturated carbocycles. The van der Waals surface area contributed by atoms with E-state index in [1.165, 1.54) is 0 Å². The monoisotopic (exact) mass is 256 g/mol. The smallest absolute Gasteiger partial charge is 0.225 e. The third-order valence-corrected chi connectivity index (χ3v) is 3.34. The highest BCUT2D eigenvalue weighted by Gasteiger charge is 2.33. The summed E-state index contributed by atoms with van der Waals surface area (Å²) in [6.45, 7) is 7.41. The number of hydrogen-bond donors (Lipinski definition) is 2. The van der Waals surface area contributed by atoms with Crippen LogP contribution in [0, 0.1) is 11.8 Å². The van der Waals surface area contributed by atoms with E-state index in [-0.39, 0.29) is 29.8 Å². The van der Waals surface area contributed by atoms with E-state index in [1.807, 2.05) is 13.8 Å². The molecular formula is C13H24N2O3. The number of carbonyl (C=O) groups is 2. The second kappa shape index (κ2) is 6.73. The van der Waals surface area contributed by atoms with Gasteiger partial charge in [-0.15, -0.1) is 0 Å². The van der Waals surface area contributed by atoms with Crippen LogP contribution < -0.4 is 5.32 Å².